The van der Waals surface area contributed by atoms with Crippen molar-refractivity contribution in [2.24, 2.45) is 5.92 Å². The number of nitrogens with one attached hydrogen (secondary N) is 1. The van der Waals surface area contributed by atoms with Gasteiger partial charge in [0.1, 0.15) is 0 Å². The Morgan fingerprint density at radius 1 is 1.54 bits per heavy atom. The van der Waals surface area contributed by atoms with Crippen molar-refractivity contribution in [3.63, 3.8) is 0 Å². The highest BCUT2D eigenvalue weighted by Crippen LogP contribution is 2.25. The number of aryl methyl sites for hydroxylation is 1. The first-order valence-electron chi connectivity index (χ1n) is 7.67. The number of carbonyl (C=O) groups is 2. The minimum atomic E-state index is -0.512. The SMILES string of the molecule is COCC(C)N1CC(C(=O)Nc2cc([N+](=O)[O-])ccc2C)CC1=O. The van der Waals surface area contributed by atoms with E-state index < -0.39 is 10.8 Å². The van der Waals surface area contributed by atoms with Crippen molar-refractivity contribution >= 4 is 23.2 Å². The number of methoxy groups -OCH3 is 1. The third-order valence-corrected chi connectivity index (χ3v) is 4.16. The van der Waals surface area contributed by atoms with Gasteiger partial charge in [-0.05, 0) is 19.4 Å². The molecule has 0 radical (unpaired) electrons. The lowest BCUT2D eigenvalue weighted by Crippen LogP contribution is -2.38. The smallest absolute Gasteiger partial charge is 0.271 e. The molecule has 2 amide bonds. The Kier molecular flexibility index (Phi) is 5.50. The maximum atomic E-state index is 12.4. The first-order chi connectivity index (χ1) is 11.3. The molecule has 8 nitrogen and oxygen atoms in total. The Hall–Kier alpha value is -2.48. The Morgan fingerprint density at radius 3 is 2.88 bits per heavy atom. The van der Waals surface area contributed by atoms with Crippen LogP contribution in [0.15, 0.2) is 18.2 Å². The number of nitrogens with zero attached hydrogens (tertiary/aromatic N) is 2. The molecule has 2 rings (SSSR count). The number of hydrogen-bond acceptors (Lipinski definition) is 5. The summed E-state index contributed by atoms with van der Waals surface area (Å²) in [6, 6.07) is 4.20. The third kappa shape index (κ3) is 3.88. The van der Waals surface area contributed by atoms with E-state index in [9.17, 15) is 19.7 Å². The van der Waals surface area contributed by atoms with Crippen LogP contribution in [0.5, 0.6) is 0 Å². The molecule has 1 aromatic carbocycles. The predicted molar refractivity (Wildman–Crippen MR) is 87.6 cm³/mol. The molecule has 0 spiro atoms. The minimum Gasteiger partial charge on any atom is -0.383 e. The number of rotatable bonds is 6. The zero-order chi connectivity index (χ0) is 17.9. The molecule has 1 heterocycles. The quantitative estimate of drug-likeness (QED) is 0.630. The van der Waals surface area contributed by atoms with Gasteiger partial charge in [0.05, 0.1) is 29.2 Å². The van der Waals surface area contributed by atoms with Crippen LogP contribution in [0, 0.1) is 23.0 Å². The second-order valence-electron chi connectivity index (χ2n) is 6.00. The van der Waals surface area contributed by atoms with E-state index in [1.165, 1.54) is 12.1 Å². The van der Waals surface area contributed by atoms with E-state index in [1.54, 1.807) is 25.0 Å². The van der Waals surface area contributed by atoms with Crippen LogP contribution < -0.4 is 5.32 Å². The number of nitro benzene ring substituents is 1. The molecular weight excluding hydrogens is 314 g/mol. The fourth-order valence-electron chi connectivity index (χ4n) is 2.76. The number of non-ortho nitro benzene ring substituents is 1. The number of anilines is 1. The zero-order valence-corrected chi connectivity index (χ0v) is 13.9. The largest absolute Gasteiger partial charge is 0.383 e. The van der Waals surface area contributed by atoms with Gasteiger partial charge in [-0.15, -0.1) is 0 Å². The van der Waals surface area contributed by atoms with Crippen molar-refractivity contribution in [3.05, 3.63) is 33.9 Å². The number of hydrogen-bond donors (Lipinski definition) is 1. The van der Waals surface area contributed by atoms with Gasteiger partial charge in [0.25, 0.3) is 5.69 Å². The molecule has 0 bridgehead atoms. The molecule has 8 heteroatoms. The van der Waals surface area contributed by atoms with E-state index in [0.717, 1.165) is 5.56 Å². The predicted octanol–water partition coefficient (Wildman–Crippen LogP) is 1.73. The van der Waals surface area contributed by atoms with Gasteiger partial charge in [0, 0.05) is 32.2 Å². The Labute approximate surface area is 139 Å². The average molecular weight is 335 g/mol. The van der Waals surface area contributed by atoms with Gasteiger partial charge in [0.2, 0.25) is 11.8 Å². The number of likely N-dealkylation sites (tertiary alicyclic amines) is 1. The number of amides is 2. The number of benzene rings is 1. The van der Waals surface area contributed by atoms with Gasteiger partial charge in [0.15, 0.2) is 0 Å². The van der Waals surface area contributed by atoms with E-state index in [1.807, 2.05) is 6.92 Å². The summed E-state index contributed by atoms with van der Waals surface area (Å²) in [5, 5.41) is 13.6. The summed E-state index contributed by atoms with van der Waals surface area (Å²) < 4.78 is 5.05. The summed E-state index contributed by atoms with van der Waals surface area (Å²) in [4.78, 5) is 36.5. The van der Waals surface area contributed by atoms with Crippen LogP contribution in [0.25, 0.3) is 0 Å². The maximum absolute atomic E-state index is 12.4. The van der Waals surface area contributed by atoms with Crippen molar-refractivity contribution in [1.82, 2.24) is 4.90 Å². The van der Waals surface area contributed by atoms with Gasteiger partial charge in [-0.1, -0.05) is 6.07 Å². The summed E-state index contributed by atoms with van der Waals surface area (Å²) in [5.41, 5.74) is 1.03. The summed E-state index contributed by atoms with van der Waals surface area (Å²) in [6.45, 7) is 4.35. The number of ether oxygens (including phenoxy) is 1. The monoisotopic (exact) mass is 335 g/mol. The standard InChI is InChI=1S/C16H21N3O5/c1-10-4-5-13(19(22)23)7-14(10)17-16(21)12-6-15(20)18(8-12)11(2)9-24-3/h4-5,7,11-12H,6,8-9H2,1-3H3,(H,17,21). The summed E-state index contributed by atoms with van der Waals surface area (Å²) in [5.74, 6) is -0.870. The van der Waals surface area contributed by atoms with Crippen LogP contribution in [0.1, 0.15) is 18.9 Å². The van der Waals surface area contributed by atoms with Gasteiger partial charge >= 0.3 is 0 Å². The van der Waals surface area contributed by atoms with Gasteiger partial charge in [-0.3, -0.25) is 19.7 Å². The zero-order valence-electron chi connectivity index (χ0n) is 13.9. The minimum absolute atomic E-state index is 0.0875. The van der Waals surface area contributed by atoms with Crippen LogP contribution in [0.3, 0.4) is 0 Å². The highest BCUT2D eigenvalue weighted by atomic mass is 16.6. The normalized spacial score (nSPS) is 18.5. The second-order valence-corrected chi connectivity index (χ2v) is 6.00. The van der Waals surface area contributed by atoms with Crippen LogP contribution in [0.4, 0.5) is 11.4 Å². The highest BCUT2D eigenvalue weighted by Gasteiger charge is 2.36. The molecule has 0 aromatic heterocycles. The molecule has 1 aliphatic heterocycles. The molecule has 1 aliphatic rings. The maximum Gasteiger partial charge on any atom is 0.271 e. The molecule has 1 N–H and O–H groups in total. The molecule has 0 saturated carbocycles. The topological polar surface area (TPSA) is 102 Å². The molecule has 2 atom stereocenters. The molecule has 24 heavy (non-hydrogen) atoms. The molecule has 130 valence electrons. The fourth-order valence-corrected chi connectivity index (χ4v) is 2.76. The summed E-state index contributed by atoms with van der Waals surface area (Å²) in [7, 11) is 1.56. The Bertz CT molecular complexity index is 661. The van der Waals surface area contributed by atoms with Crippen molar-refractivity contribution in [2.75, 3.05) is 25.6 Å². The molecule has 0 aliphatic carbocycles. The third-order valence-electron chi connectivity index (χ3n) is 4.16. The van der Waals surface area contributed by atoms with Crippen molar-refractivity contribution in [3.8, 4) is 0 Å². The summed E-state index contributed by atoms with van der Waals surface area (Å²) >= 11 is 0. The second kappa shape index (κ2) is 7.39. The lowest BCUT2D eigenvalue weighted by molar-refractivity contribution is -0.384. The highest BCUT2D eigenvalue weighted by molar-refractivity contribution is 5.97. The average Bonchev–Trinajstić information content (AvgIpc) is 2.91. The van der Waals surface area contributed by atoms with Crippen molar-refractivity contribution in [1.29, 1.82) is 0 Å². The lowest BCUT2D eigenvalue weighted by atomic mass is 10.1. The Balaban J connectivity index is 2.07. The van der Waals surface area contributed by atoms with E-state index in [4.69, 9.17) is 4.74 Å². The molecule has 1 aromatic rings. The number of nitro groups is 1. The van der Waals surface area contributed by atoms with Gasteiger partial charge in [-0.25, -0.2) is 0 Å². The molecular formula is C16H21N3O5. The van der Waals surface area contributed by atoms with Gasteiger partial charge < -0.3 is 15.0 Å². The van der Waals surface area contributed by atoms with Crippen LogP contribution in [0.2, 0.25) is 0 Å². The van der Waals surface area contributed by atoms with Crippen molar-refractivity contribution < 1.29 is 19.2 Å². The van der Waals surface area contributed by atoms with E-state index in [2.05, 4.69) is 5.32 Å². The first kappa shape index (κ1) is 17.9. The Morgan fingerprint density at radius 2 is 2.25 bits per heavy atom. The van der Waals surface area contributed by atoms with Crippen LogP contribution in [-0.4, -0.2) is 47.9 Å². The molecule has 1 saturated heterocycles. The van der Waals surface area contributed by atoms with Gasteiger partial charge in [-0.2, -0.15) is 0 Å². The molecule has 1 fully saturated rings. The van der Waals surface area contributed by atoms with E-state index in [-0.39, 0.29) is 30.0 Å². The van der Waals surface area contributed by atoms with Crippen LogP contribution >= 0.6 is 0 Å². The molecule has 2 unspecified atom stereocenters. The van der Waals surface area contributed by atoms with E-state index in [0.29, 0.717) is 18.8 Å². The van der Waals surface area contributed by atoms with Crippen LogP contribution in [-0.2, 0) is 14.3 Å². The first-order valence-corrected chi connectivity index (χ1v) is 7.67. The van der Waals surface area contributed by atoms with E-state index >= 15 is 0 Å². The number of carbonyl (C=O) groups excluding carboxylic acids is 2. The van der Waals surface area contributed by atoms with Crippen molar-refractivity contribution in [2.45, 2.75) is 26.3 Å². The summed E-state index contributed by atoms with van der Waals surface area (Å²) in [6.07, 6.45) is 0.133. The lowest BCUT2D eigenvalue weighted by Gasteiger charge is -2.24. The fraction of sp³-hybridized carbons (Fsp3) is 0.500.